The van der Waals surface area contributed by atoms with Crippen LogP contribution in [0, 0.1) is 18.3 Å². The van der Waals surface area contributed by atoms with E-state index in [-0.39, 0.29) is 0 Å². The molecule has 0 spiro atoms. The Bertz CT molecular complexity index is 438. The van der Waals surface area contributed by atoms with E-state index in [9.17, 15) is 5.26 Å². The standard InChI is InChI=1S/C12H16N4S/c1-9-5-6-14-11(15-9)17-8-12(2,7-13)16-10-3-4-10/h5-6,10,16H,3-4,8H2,1-2H3. The molecule has 17 heavy (non-hydrogen) atoms. The molecule has 4 nitrogen and oxygen atoms in total. The molecular weight excluding hydrogens is 232 g/mol. The third kappa shape index (κ3) is 3.69. The Balaban J connectivity index is 1.93. The minimum atomic E-state index is -0.487. The Morgan fingerprint density at radius 2 is 2.41 bits per heavy atom. The number of rotatable bonds is 5. The molecule has 1 N–H and O–H groups in total. The molecule has 1 aromatic heterocycles. The van der Waals surface area contributed by atoms with Gasteiger partial charge in [0.05, 0.1) is 6.07 Å². The van der Waals surface area contributed by atoms with E-state index in [1.807, 2.05) is 19.9 Å². The summed E-state index contributed by atoms with van der Waals surface area (Å²) in [6, 6.07) is 4.74. The zero-order valence-electron chi connectivity index (χ0n) is 10.1. The third-order valence-corrected chi connectivity index (χ3v) is 3.79. The van der Waals surface area contributed by atoms with Gasteiger partial charge in [-0.3, -0.25) is 5.32 Å². The van der Waals surface area contributed by atoms with Crippen molar-refractivity contribution in [1.29, 1.82) is 5.26 Å². The molecule has 2 rings (SSSR count). The molecule has 1 heterocycles. The molecule has 1 saturated carbocycles. The van der Waals surface area contributed by atoms with Gasteiger partial charge in [-0.25, -0.2) is 9.97 Å². The minimum Gasteiger partial charge on any atom is -0.296 e. The molecule has 0 saturated heterocycles. The molecule has 1 fully saturated rings. The number of nitrogens with zero attached hydrogens (tertiary/aromatic N) is 3. The van der Waals surface area contributed by atoms with Crippen LogP contribution < -0.4 is 5.32 Å². The van der Waals surface area contributed by atoms with Crippen molar-refractivity contribution in [2.75, 3.05) is 5.75 Å². The molecule has 1 aliphatic carbocycles. The first-order valence-corrected chi connectivity index (χ1v) is 6.71. The van der Waals surface area contributed by atoms with Gasteiger partial charge < -0.3 is 0 Å². The fourth-order valence-electron chi connectivity index (χ4n) is 1.49. The molecule has 5 heteroatoms. The van der Waals surface area contributed by atoms with Crippen molar-refractivity contribution in [3.05, 3.63) is 18.0 Å². The summed E-state index contributed by atoms with van der Waals surface area (Å²) in [5.41, 5.74) is 0.468. The summed E-state index contributed by atoms with van der Waals surface area (Å²) in [6.07, 6.45) is 4.12. The van der Waals surface area contributed by atoms with Crippen LogP contribution in [-0.2, 0) is 0 Å². The van der Waals surface area contributed by atoms with E-state index < -0.39 is 5.54 Å². The first-order valence-electron chi connectivity index (χ1n) is 5.73. The summed E-state index contributed by atoms with van der Waals surface area (Å²) in [5, 5.41) is 13.3. The number of thioether (sulfide) groups is 1. The lowest BCUT2D eigenvalue weighted by atomic mass is 10.1. The molecule has 1 aliphatic rings. The Kier molecular flexibility index (Phi) is 3.65. The molecule has 0 aliphatic heterocycles. The molecular formula is C12H16N4S. The monoisotopic (exact) mass is 248 g/mol. The lowest BCUT2D eigenvalue weighted by molar-refractivity contribution is 0.490. The summed E-state index contributed by atoms with van der Waals surface area (Å²) in [4.78, 5) is 8.51. The van der Waals surface area contributed by atoms with Crippen LogP contribution >= 0.6 is 11.8 Å². The van der Waals surface area contributed by atoms with E-state index in [1.54, 1.807) is 6.20 Å². The molecule has 90 valence electrons. The van der Waals surface area contributed by atoms with E-state index in [0.29, 0.717) is 11.8 Å². The smallest absolute Gasteiger partial charge is 0.187 e. The second kappa shape index (κ2) is 5.03. The van der Waals surface area contributed by atoms with Gasteiger partial charge in [0.25, 0.3) is 0 Å². The predicted molar refractivity (Wildman–Crippen MR) is 67.7 cm³/mol. The highest BCUT2D eigenvalue weighted by atomic mass is 32.2. The summed E-state index contributed by atoms with van der Waals surface area (Å²) in [6.45, 7) is 3.88. The quantitative estimate of drug-likeness (QED) is 0.637. The van der Waals surface area contributed by atoms with Crippen LogP contribution in [0.4, 0.5) is 0 Å². The topological polar surface area (TPSA) is 61.6 Å². The van der Waals surface area contributed by atoms with Crippen LogP contribution in [0.5, 0.6) is 0 Å². The Morgan fingerprint density at radius 3 is 3.00 bits per heavy atom. The normalized spacial score (nSPS) is 18.4. The summed E-state index contributed by atoms with van der Waals surface area (Å²) >= 11 is 1.53. The van der Waals surface area contributed by atoms with Gasteiger partial charge in [-0.05, 0) is 32.8 Å². The zero-order valence-corrected chi connectivity index (χ0v) is 10.9. The predicted octanol–water partition coefficient (Wildman–Crippen LogP) is 1.91. The van der Waals surface area contributed by atoms with Crippen LogP contribution in [0.2, 0.25) is 0 Å². The number of hydrogen-bond acceptors (Lipinski definition) is 5. The van der Waals surface area contributed by atoms with Gasteiger partial charge in [0.2, 0.25) is 0 Å². The van der Waals surface area contributed by atoms with Crippen LogP contribution in [0.3, 0.4) is 0 Å². The second-order valence-electron chi connectivity index (χ2n) is 4.63. The van der Waals surface area contributed by atoms with Gasteiger partial charge in [0, 0.05) is 23.7 Å². The maximum atomic E-state index is 9.23. The Hall–Kier alpha value is -1.12. The van der Waals surface area contributed by atoms with E-state index in [1.165, 1.54) is 24.6 Å². The summed E-state index contributed by atoms with van der Waals surface area (Å²) in [7, 11) is 0. The van der Waals surface area contributed by atoms with Crippen LogP contribution in [0.15, 0.2) is 17.4 Å². The van der Waals surface area contributed by atoms with Crippen LogP contribution in [0.25, 0.3) is 0 Å². The SMILES string of the molecule is Cc1ccnc(SCC(C)(C#N)NC2CC2)n1. The molecule has 0 radical (unpaired) electrons. The number of aromatic nitrogens is 2. The highest BCUT2D eigenvalue weighted by Crippen LogP contribution is 2.25. The van der Waals surface area contributed by atoms with E-state index in [0.717, 1.165) is 10.9 Å². The van der Waals surface area contributed by atoms with Gasteiger partial charge in [-0.15, -0.1) is 0 Å². The largest absolute Gasteiger partial charge is 0.296 e. The van der Waals surface area contributed by atoms with Crippen LogP contribution in [-0.4, -0.2) is 27.3 Å². The zero-order chi connectivity index (χ0) is 12.3. The average Bonchev–Trinajstić information content (AvgIpc) is 3.11. The van der Waals surface area contributed by atoms with Gasteiger partial charge in [0.1, 0.15) is 5.54 Å². The van der Waals surface area contributed by atoms with Crippen molar-refractivity contribution in [3.8, 4) is 6.07 Å². The molecule has 0 bridgehead atoms. The fraction of sp³-hybridized carbons (Fsp3) is 0.583. The average molecular weight is 248 g/mol. The van der Waals surface area contributed by atoms with Crippen molar-refractivity contribution in [2.24, 2.45) is 0 Å². The van der Waals surface area contributed by atoms with Crippen LogP contribution in [0.1, 0.15) is 25.5 Å². The van der Waals surface area contributed by atoms with Gasteiger partial charge in [-0.1, -0.05) is 11.8 Å². The van der Waals surface area contributed by atoms with E-state index in [4.69, 9.17) is 0 Å². The molecule has 1 unspecified atom stereocenters. The summed E-state index contributed by atoms with van der Waals surface area (Å²) < 4.78 is 0. The minimum absolute atomic E-state index is 0.487. The van der Waals surface area contributed by atoms with Crippen molar-refractivity contribution in [3.63, 3.8) is 0 Å². The number of hydrogen-bond donors (Lipinski definition) is 1. The first-order chi connectivity index (χ1) is 8.11. The van der Waals surface area contributed by atoms with E-state index in [2.05, 4.69) is 21.4 Å². The molecule has 0 aromatic carbocycles. The van der Waals surface area contributed by atoms with Gasteiger partial charge in [0.15, 0.2) is 5.16 Å². The number of nitrogens with one attached hydrogen (secondary N) is 1. The number of aryl methyl sites for hydroxylation is 1. The molecule has 1 aromatic rings. The van der Waals surface area contributed by atoms with Crippen molar-refractivity contribution in [2.45, 2.75) is 43.4 Å². The van der Waals surface area contributed by atoms with Crippen molar-refractivity contribution < 1.29 is 0 Å². The van der Waals surface area contributed by atoms with Gasteiger partial charge >= 0.3 is 0 Å². The molecule has 1 atom stereocenters. The lowest BCUT2D eigenvalue weighted by Gasteiger charge is -2.22. The second-order valence-corrected chi connectivity index (χ2v) is 5.57. The van der Waals surface area contributed by atoms with E-state index >= 15 is 0 Å². The number of nitriles is 1. The van der Waals surface area contributed by atoms with Crippen molar-refractivity contribution >= 4 is 11.8 Å². The maximum Gasteiger partial charge on any atom is 0.187 e. The summed E-state index contributed by atoms with van der Waals surface area (Å²) in [5.74, 6) is 0.670. The highest BCUT2D eigenvalue weighted by Gasteiger charge is 2.32. The fourth-order valence-corrected chi connectivity index (χ4v) is 2.40. The lowest BCUT2D eigenvalue weighted by Crippen LogP contribution is -2.44. The third-order valence-electron chi connectivity index (χ3n) is 2.61. The Labute approximate surface area is 106 Å². The Morgan fingerprint density at radius 1 is 1.65 bits per heavy atom. The van der Waals surface area contributed by atoms with Gasteiger partial charge in [-0.2, -0.15) is 5.26 Å². The van der Waals surface area contributed by atoms with Crippen molar-refractivity contribution in [1.82, 2.24) is 15.3 Å². The molecule has 0 amide bonds. The maximum absolute atomic E-state index is 9.23. The highest BCUT2D eigenvalue weighted by molar-refractivity contribution is 7.99. The first kappa shape index (κ1) is 12.3.